The maximum atomic E-state index is 14.2. The second-order valence-corrected chi connectivity index (χ2v) is 6.70. The second-order valence-electron chi connectivity index (χ2n) is 6.70. The Morgan fingerprint density at radius 2 is 1.97 bits per heavy atom. The zero-order valence-electron chi connectivity index (χ0n) is 16.0. The average Bonchev–Trinajstić information content (AvgIpc) is 3.24. The van der Waals surface area contributed by atoms with Crippen molar-refractivity contribution in [3.05, 3.63) is 77.8 Å². The number of fused-ring (bicyclic) bond motifs is 1. The highest BCUT2D eigenvalue weighted by Gasteiger charge is 2.13. The lowest BCUT2D eigenvalue weighted by Gasteiger charge is -2.12. The van der Waals surface area contributed by atoms with E-state index in [1.165, 1.54) is 6.07 Å². The number of aryl methyl sites for hydroxylation is 1. The Hall–Kier alpha value is -3.32. The maximum Gasteiger partial charge on any atom is 0.168 e. The highest BCUT2D eigenvalue weighted by atomic mass is 19.1. The summed E-state index contributed by atoms with van der Waals surface area (Å²) in [7, 11) is 1.55. The number of aromatic nitrogens is 4. The molecule has 0 aliphatic carbocycles. The van der Waals surface area contributed by atoms with Gasteiger partial charge in [-0.05, 0) is 43.2 Å². The minimum absolute atomic E-state index is 0.0717. The number of rotatable bonds is 7. The number of halogens is 1. The first-order valence-corrected chi connectivity index (χ1v) is 9.40. The van der Waals surface area contributed by atoms with Crippen LogP contribution in [-0.2, 0) is 19.3 Å². The number of benzene rings is 1. The third-order valence-electron chi connectivity index (χ3n) is 4.97. The summed E-state index contributed by atoms with van der Waals surface area (Å²) in [5.41, 5.74) is 4.93. The molecule has 0 atom stereocenters. The van der Waals surface area contributed by atoms with Crippen LogP contribution in [0, 0.1) is 5.82 Å². The van der Waals surface area contributed by atoms with Gasteiger partial charge in [0, 0.05) is 47.3 Å². The molecule has 3 heterocycles. The molecule has 0 radical (unpaired) electrons. The fourth-order valence-corrected chi connectivity index (χ4v) is 3.46. The van der Waals surface area contributed by atoms with E-state index in [-0.39, 0.29) is 12.4 Å². The molecule has 1 N–H and O–H groups in total. The predicted octanol–water partition coefficient (Wildman–Crippen LogP) is 3.26. The molecule has 0 saturated carbocycles. The normalized spacial score (nSPS) is 11.1. The molecule has 0 fully saturated rings. The van der Waals surface area contributed by atoms with Crippen LogP contribution in [0.1, 0.15) is 17.0 Å². The first-order valence-electron chi connectivity index (χ1n) is 9.40. The van der Waals surface area contributed by atoms with Crippen LogP contribution in [0.5, 0.6) is 5.75 Å². The molecule has 29 heavy (non-hydrogen) atoms. The third kappa shape index (κ3) is 3.82. The Morgan fingerprint density at radius 3 is 2.72 bits per heavy atom. The van der Waals surface area contributed by atoms with Gasteiger partial charge in [-0.3, -0.25) is 9.38 Å². The average molecular weight is 392 g/mol. The molecular weight excluding hydrogens is 371 g/mol. The summed E-state index contributed by atoms with van der Waals surface area (Å²) in [4.78, 5) is 4.39. The summed E-state index contributed by atoms with van der Waals surface area (Å²) in [5.74, 6) is 0.283. The molecule has 0 spiro atoms. The lowest BCUT2D eigenvalue weighted by molar-refractivity contribution is 0.298. The first-order chi connectivity index (χ1) is 14.2. The van der Waals surface area contributed by atoms with Gasteiger partial charge in [0.15, 0.2) is 5.65 Å². The Bertz CT molecular complexity index is 1130. The number of ether oxygens (including phenoxy) is 1. The Balaban J connectivity index is 1.63. The molecule has 6 nitrogen and oxygen atoms in total. The molecule has 1 aromatic carbocycles. The maximum absolute atomic E-state index is 14.2. The molecule has 0 bridgehead atoms. The number of pyridine rings is 2. The quantitative estimate of drug-likeness (QED) is 0.523. The summed E-state index contributed by atoms with van der Waals surface area (Å²) < 4.78 is 21.5. The van der Waals surface area contributed by atoms with Crippen molar-refractivity contribution in [3.8, 4) is 16.9 Å². The topological polar surface area (TPSA) is 72.5 Å². The molecule has 3 aromatic heterocycles. The van der Waals surface area contributed by atoms with Gasteiger partial charge < -0.3 is 9.84 Å². The van der Waals surface area contributed by atoms with Crippen molar-refractivity contribution in [2.75, 3.05) is 13.7 Å². The summed E-state index contributed by atoms with van der Waals surface area (Å²) in [6, 6.07) is 12.7. The fraction of sp³-hybridized carbons (Fsp3) is 0.227. The summed E-state index contributed by atoms with van der Waals surface area (Å²) >= 11 is 0. The highest BCUT2D eigenvalue weighted by molar-refractivity contribution is 5.77. The number of hydrogen-bond donors (Lipinski definition) is 1. The van der Waals surface area contributed by atoms with Crippen LogP contribution in [0.15, 0.2) is 55.0 Å². The van der Waals surface area contributed by atoms with E-state index in [4.69, 9.17) is 9.84 Å². The van der Waals surface area contributed by atoms with Gasteiger partial charge in [-0.2, -0.15) is 0 Å². The second kappa shape index (κ2) is 8.36. The van der Waals surface area contributed by atoms with Crippen molar-refractivity contribution in [2.24, 2.45) is 0 Å². The highest BCUT2D eigenvalue weighted by Crippen LogP contribution is 2.26. The van der Waals surface area contributed by atoms with Gasteiger partial charge in [0.25, 0.3) is 0 Å². The van der Waals surface area contributed by atoms with Crippen molar-refractivity contribution in [2.45, 2.75) is 19.3 Å². The van der Waals surface area contributed by atoms with Gasteiger partial charge in [0.2, 0.25) is 0 Å². The van der Waals surface area contributed by atoms with E-state index in [9.17, 15) is 4.39 Å². The van der Waals surface area contributed by atoms with E-state index in [2.05, 4.69) is 15.2 Å². The van der Waals surface area contributed by atoms with Crippen LogP contribution in [0.2, 0.25) is 0 Å². The van der Waals surface area contributed by atoms with Gasteiger partial charge >= 0.3 is 0 Å². The lowest BCUT2D eigenvalue weighted by Crippen LogP contribution is -2.03. The van der Waals surface area contributed by atoms with Crippen LogP contribution in [0.3, 0.4) is 0 Å². The first kappa shape index (κ1) is 19.0. The number of nitrogens with zero attached hydrogens (tertiary/aromatic N) is 4. The third-order valence-corrected chi connectivity index (χ3v) is 4.97. The molecule has 0 aliphatic heterocycles. The largest absolute Gasteiger partial charge is 0.496 e. The smallest absolute Gasteiger partial charge is 0.168 e. The zero-order valence-corrected chi connectivity index (χ0v) is 16.0. The zero-order chi connectivity index (χ0) is 20.2. The molecule has 0 saturated heterocycles. The number of aliphatic hydroxyl groups excluding tert-OH is 1. The van der Waals surface area contributed by atoms with Crippen molar-refractivity contribution >= 4 is 5.65 Å². The van der Waals surface area contributed by atoms with Crippen molar-refractivity contribution in [3.63, 3.8) is 0 Å². The van der Waals surface area contributed by atoms with E-state index < -0.39 is 0 Å². The molecule has 148 valence electrons. The van der Waals surface area contributed by atoms with Crippen molar-refractivity contribution < 1.29 is 14.2 Å². The number of aliphatic hydroxyl groups is 1. The van der Waals surface area contributed by atoms with Crippen LogP contribution >= 0.6 is 0 Å². The molecule has 7 heteroatoms. The van der Waals surface area contributed by atoms with E-state index in [0.29, 0.717) is 30.6 Å². The molecule has 0 aliphatic rings. The Morgan fingerprint density at radius 1 is 1.07 bits per heavy atom. The van der Waals surface area contributed by atoms with E-state index >= 15 is 0 Å². The van der Waals surface area contributed by atoms with E-state index in [1.54, 1.807) is 31.8 Å². The van der Waals surface area contributed by atoms with Gasteiger partial charge in [-0.25, -0.2) is 4.39 Å². The van der Waals surface area contributed by atoms with Crippen LogP contribution in [0.4, 0.5) is 4.39 Å². The minimum Gasteiger partial charge on any atom is -0.496 e. The van der Waals surface area contributed by atoms with Crippen LogP contribution < -0.4 is 4.74 Å². The van der Waals surface area contributed by atoms with Gasteiger partial charge in [0.1, 0.15) is 17.9 Å². The Kier molecular flexibility index (Phi) is 5.48. The van der Waals surface area contributed by atoms with E-state index in [0.717, 1.165) is 28.2 Å². The summed E-state index contributed by atoms with van der Waals surface area (Å²) in [5, 5.41) is 17.4. The van der Waals surface area contributed by atoms with Crippen LogP contribution in [-0.4, -0.2) is 38.4 Å². The van der Waals surface area contributed by atoms with Crippen LogP contribution in [0.25, 0.3) is 16.8 Å². The molecule has 0 amide bonds. The Labute approximate surface area is 167 Å². The summed E-state index contributed by atoms with van der Waals surface area (Å²) in [6.45, 7) is 0.0717. The van der Waals surface area contributed by atoms with Gasteiger partial charge in [0.05, 0.1) is 7.11 Å². The van der Waals surface area contributed by atoms with Crippen molar-refractivity contribution in [1.29, 1.82) is 0 Å². The van der Waals surface area contributed by atoms with E-state index in [1.807, 2.05) is 28.7 Å². The SMILES string of the molecule is COc1cccc(F)c1CCc1ccc(-c2ccc(CCO)nc2)c2nncn12. The molecular formula is C22H21FN4O2. The van der Waals surface area contributed by atoms with Gasteiger partial charge in [-0.1, -0.05) is 12.1 Å². The standard InChI is InChI=1S/C22H21FN4O2/c1-29-21-4-2-3-20(23)19(21)10-8-17-7-9-18(22-26-25-14-27(17)22)15-5-6-16(11-12-28)24-13-15/h2-7,9,13-14,28H,8,10-12H2,1H3. The summed E-state index contributed by atoms with van der Waals surface area (Å²) in [6.07, 6.45) is 5.08. The fourth-order valence-electron chi connectivity index (χ4n) is 3.46. The predicted molar refractivity (Wildman–Crippen MR) is 107 cm³/mol. The molecule has 4 aromatic rings. The monoisotopic (exact) mass is 392 g/mol. The molecule has 0 unspecified atom stereocenters. The number of hydrogen-bond acceptors (Lipinski definition) is 5. The number of methoxy groups -OCH3 is 1. The lowest BCUT2D eigenvalue weighted by atomic mass is 10.0. The molecule has 4 rings (SSSR count). The van der Waals surface area contributed by atoms with Gasteiger partial charge in [-0.15, -0.1) is 10.2 Å². The van der Waals surface area contributed by atoms with Crippen molar-refractivity contribution in [1.82, 2.24) is 19.6 Å². The minimum atomic E-state index is -0.269.